The van der Waals surface area contributed by atoms with Gasteiger partial charge in [-0.2, -0.15) is 0 Å². The number of hydrogen-bond donors (Lipinski definition) is 1. The van der Waals surface area contributed by atoms with Crippen LogP contribution in [0.1, 0.15) is 19.4 Å². The van der Waals surface area contributed by atoms with E-state index in [-0.39, 0.29) is 5.41 Å². The third-order valence-electron chi connectivity index (χ3n) is 2.46. The molecule has 0 amide bonds. The van der Waals surface area contributed by atoms with Crippen molar-refractivity contribution in [1.82, 2.24) is 15.0 Å². The van der Waals surface area contributed by atoms with Gasteiger partial charge in [0, 0.05) is 6.20 Å². The number of hydrogen-bond acceptors (Lipinski definition) is 2. The van der Waals surface area contributed by atoms with Gasteiger partial charge in [0.1, 0.15) is 17.1 Å². The molecule has 0 saturated carbocycles. The Kier molecular flexibility index (Phi) is 2.17. The van der Waals surface area contributed by atoms with E-state index in [4.69, 9.17) is 18.0 Å². The zero-order valence-corrected chi connectivity index (χ0v) is 9.26. The summed E-state index contributed by atoms with van der Waals surface area (Å²) in [7, 11) is 0. The van der Waals surface area contributed by atoms with Gasteiger partial charge in [-0.05, 0) is 19.4 Å². The quantitative estimate of drug-likeness (QED) is 0.592. The molecule has 1 N–H and O–H groups in total. The lowest BCUT2D eigenvalue weighted by molar-refractivity contribution is 0.706. The van der Waals surface area contributed by atoms with Gasteiger partial charge in [0.2, 0.25) is 0 Å². The van der Waals surface area contributed by atoms with Crippen molar-refractivity contribution in [1.29, 1.82) is 0 Å². The van der Waals surface area contributed by atoms with E-state index in [1.54, 1.807) is 0 Å². The molecule has 0 fully saturated rings. The van der Waals surface area contributed by atoms with E-state index in [1.807, 2.05) is 20.0 Å². The standard InChI is InChI=1S/C11H10ClN3/c1-4-11(2,3)7-5-13-10-8(7)9(12)14-6-15-10/h1,5-6H,2-3H3,(H,13,14,15). The predicted octanol–water partition coefficient (Wildman–Crippen LogP) is 2.52. The molecule has 0 radical (unpaired) electrons. The summed E-state index contributed by atoms with van der Waals surface area (Å²) in [6, 6.07) is 0. The molecule has 0 saturated heterocycles. The molecule has 3 nitrogen and oxygen atoms in total. The maximum absolute atomic E-state index is 6.03. The molecule has 0 bridgehead atoms. The number of aromatic amines is 1. The molecule has 2 aromatic heterocycles. The van der Waals surface area contributed by atoms with E-state index in [1.165, 1.54) is 6.33 Å². The van der Waals surface area contributed by atoms with Gasteiger partial charge in [-0.25, -0.2) is 9.97 Å². The highest BCUT2D eigenvalue weighted by atomic mass is 35.5. The molecule has 4 heteroatoms. The van der Waals surface area contributed by atoms with Crippen LogP contribution in [0.15, 0.2) is 12.5 Å². The lowest BCUT2D eigenvalue weighted by atomic mass is 9.86. The third kappa shape index (κ3) is 1.47. The van der Waals surface area contributed by atoms with Crippen LogP contribution < -0.4 is 0 Å². The molecule has 2 rings (SSSR count). The first-order valence-electron chi connectivity index (χ1n) is 4.52. The van der Waals surface area contributed by atoms with Gasteiger partial charge in [-0.1, -0.05) is 17.5 Å². The maximum atomic E-state index is 6.03. The minimum absolute atomic E-state index is 0.382. The first kappa shape index (κ1) is 10.0. The third-order valence-corrected chi connectivity index (χ3v) is 2.74. The molecule has 0 aliphatic heterocycles. The van der Waals surface area contributed by atoms with Crippen LogP contribution in [0, 0.1) is 12.3 Å². The number of rotatable bonds is 1. The van der Waals surface area contributed by atoms with Crippen LogP contribution >= 0.6 is 11.6 Å². The van der Waals surface area contributed by atoms with Gasteiger partial charge in [-0.15, -0.1) is 6.42 Å². The zero-order valence-electron chi connectivity index (χ0n) is 8.50. The average molecular weight is 220 g/mol. The molecule has 0 spiro atoms. The molecule has 0 aliphatic carbocycles. The SMILES string of the molecule is C#CC(C)(C)c1c[nH]c2ncnc(Cl)c12. The molecular weight excluding hydrogens is 210 g/mol. The Hall–Kier alpha value is -1.53. The minimum atomic E-state index is -0.382. The number of nitrogens with one attached hydrogen (secondary N) is 1. The van der Waals surface area contributed by atoms with Crippen LogP contribution in [-0.2, 0) is 5.41 Å². The number of halogens is 1. The molecule has 2 heterocycles. The smallest absolute Gasteiger partial charge is 0.142 e. The molecule has 0 aromatic carbocycles. The van der Waals surface area contributed by atoms with E-state index in [2.05, 4.69) is 20.9 Å². The topological polar surface area (TPSA) is 41.6 Å². The van der Waals surface area contributed by atoms with Crippen LogP contribution in [0.4, 0.5) is 0 Å². The Labute approximate surface area is 92.9 Å². The van der Waals surface area contributed by atoms with Gasteiger partial charge >= 0.3 is 0 Å². The first-order chi connectivity index (χ1) is 7.06. The summed E-state index contributed by atoms with van der Waals surface area (Å²) in [5.74, 6) is 2.73. The molecule has 76 valence electrons. The van der Waals surface area contributed by atoms with Crippen molar-refractivity contribution in [3.05, 3.63) is 23.2 Å². The molecule has 15 heavy (non-hydrogen) atoms. The van der Waals surface area contributed by atoms with Crippen molar-refractivity contribution >= 4 is 22.6 Å². The lowest BCUT2D eigenvalue weighted by Gasteiger charge is -2.16. The van der Waals surface area contributed by atoms with Crippen molar-refractivity contribution < 1.29 is 0 Å². The van der Waals surface area contributed by atoms with Gasteiger partial charge in [0.15, 0.2) is 0 Å². The van der Waals surface area contributed by atoms with Crippen LogP contribution in [0.2, 0.25) is 5.15 Å². The van der Waals surface area contributed by atoms with Gasteiger partial charge < -0.3 is 4.98 Å². The molecule has 2 aromatic rings. The van der Waals surface area contributed by atoms with Crippen molar-refractivity contribution in [3.63, 3.8) is 0 Å². The summed E-state index contributed by atoms with van der Waals surface area (Å²) in [5, 5.41) is 1.24. The van der Waals surface area contributed by atoms with E-state index >= 15 is 0 Å². The number of H-pyrrole nitrogens is 1. The second kappa shape index (κ2) is 3.25. The van der Waals surface area contributed by atoms with Crippen molar-refractivity contribution in [2.75, 3.05) is 0 Å². The summed E-state index contributed by atoms with van der Waals surface area (Å²) >= 11 is 6.03. The molecular formula is C11H10ClN3. The van der Waals surface area contributed by atoms with Crippen LogP contribution in [0.25, 0.3) is 11.0 Å². The minimum Gasteiger partial charge on any atom is -0.346 e. The molecule has 0 aliphatic rings. The fraction of sp³-hybridized carbons (Fsp3) is 0.273. The Morgan fingerprint density at radius 1 is 1.47 bits per heavy atom. The van der Waals surface area contributed by atoms with Gasteiger partial charge in [0.05, 0.1) is 10.8 Å². The Morgan fingerprint density at radius 2 is 2.20 bits per heavy atom. The lowest BCUT2D eigenvalue weighted by Crippen LogP contribution is -2.13. The highest BCUT2D eigenvalue weighted by Gasteiger charge is 2.23. The maximum Gasteiger partial charge on any atom is 0.142 e. The van der Waals surface area contributed by atoms with E-state index in [0.717, 1.165) is 10.9 Å². The van der Waals surface area contributed by atoms with E-state index in [0.29, 0.717) is 10.8 Å². The number of terminal acetylenes is 1. The summed E-state index contributed by atoms with van der Waals surface area (Å²) in [6.07, 6.45) is 8.75. The fourth-order valence-corrected chi connectivity index (χ4v) is 1.73. The first-order valence-corrected chi connectivity index (χ1v) is 4.90. The predicted molar refractivity (Wildman–Crippen MR) is 60.8 cm³/mol. The van der Waals surface area contributed by atoms with Gasteiger partial charge in [0.25, 0.3) is 0 Å². The highest BCUT2D eigenvalue weighted by Crippen LogP contribution is 2.32. The molecule has 0 atom stereocenters. The fourth-order valence-electron chi connectivity index (χ4n) is 1.50. The van der Waals surface area contributed by atoms with Gasteiger partial charge in [-0.3, -0.25) is 0 Å². The summed E-state index contributed by atoms with van der Waals surface area (Å²) in [5.41, 5.74) is 1.28. The van der Waals surface area contributed by atoms with E-state index < -0.39 is 0 Å². The number of fused-ring (bicyclic) bond motifs is 1. The zero-order chi connectivity index (χ0) is 11.1. The number of nitrogens with zero attached hydrogens (tertiary/aromatic N) is 2. The van der Waals surface area contributed by atoms with Crippen LogP contribution in [-0.4, -0.2) is 15.0 Å². The van der Waals surface area contributed by atoms with Crippen molar-refractivity contribution in [2.45, 2.75) is 19.3 Å². The van der Waals surface area contributed by atoms with Crippen molar-refractivity contribution in [2.24, 2.45) is 0 Å². The Bertz CT molecular complexity index is 548. The monoisotopic (exact) mass is 219 g/mol. The summed E-state index contributed by atoms with van der Waals surface area (Å²) < 4.78 is 0. The molecule has 0 unspecified atom stereocenters. The second-order valence-corrected chi connectivity index (χ2v) is 4.22. The van der Waals surface area contributed by atoms with Crippen molar-refractivity contribution in [3.8, 4) is 12.3 Å². The average Bonchev–Trinajstić information content (AvgIpc) is 2.63. The van der Waals surface area contributed by atoms with E-state index in [9.17, 15) is 0 Å². The second-order valence-electron chi connectivity index (χ2n) is 3.86. The largest absolute Gasteiger partial charge is 0.346 e. The summed E-state index contributed by atoms with van der Waals surface area (Å²) in [4.78, 5) is 11.1. The number of aromatic nitrogens is 3. The normalized spacial score (nSPS) is 11.6. The highest BCUT2D eigenvalue weighted by molar-refractivity contribution is 6.34. The summed E-state index contributed by atoms with van der Waals surface area (Å²) in [6.45, 7) is 3.91. The Balaban J connectivity index is 2.80. The Morgan fingerprint density at radius 3 is 2.87 bits per heavy atom. The van der Waals surface area contributed by atoms with Crippen LogP contribution in [0.5, 0.6) is 0 Å². The van der Waals surface area contributed by atoms with Crippen LogP contribution in [0.3, 0.4) is 0 Å².